The molecule has 0 fully saturated rings. The van der Waals surface area contributed by atoms with Crippen molar-refractivity contribution in [1.29, 1.82) is 5.26 Å². The number of nitrogens with zero attached hydrogens (tertiary/aromatic N) is 4. The minimum atomic E-state index is -0.578. The molecule has 0 atom stereocenters. The van der Waals surface area contributed by atoms with Crippen molar-refractivity contribution in [2.45, 2.75) is 33.8 Å². The van der Waals surface area contributed by atoms with Gasteiger partial charge in [-0.15, -0.1) is 0 Å². The van der Waals surface area contributed by atoms with Gasteiger partial charge in [0.15, 0.2) is 0 Å². The van der Waals surface area contributed by atoms with Crippen molar-refractivity contribution in [1.82, 2.24) is 14.7 Å². The number of hydrogen-bond acceptors (Lipinski definition) is 6. The molecule has 0 spiro atoms. The van der Waals surface area contributed by atoms with Crippen molar-refractivity contribution in [2.24, 2.45) is 0 Å². The fourth-order valence-electron chi connectivity index (χ4n) is 5.08. The average molecular weight is 587 g/mol. The lowest BCUT2D eigenvalue weighted by Gasteiger charge is -2.27. The number of imide groups is 1. The summed E-state index contributed by atoms with van der Waals surface area (Å²) in [5, 5.41) is 14.8. The molecule has 0 saturated carbocycles. The number of aromatic nitrogens is 2. The van der Waals surface area contributed by atoms with Crippen molar-refractivity contribution >= 4 is 17.9 Å². The molecule has 222 valence electrons. The van der Waals surface area contributed by atoms with Gasteiger partial charge in [-0.1, -0.05) is 48.5 Å². The Kier molecular flexibility index (Phi) is 9.48. The van der Waals surface area contributed by atoms with E-state index in [1.807, 2.05) is 105 Å². The third kappa shape index (κ3) is 6.54. The number of benzene rings is 3. The molecule has 1 aromatic heterocycles. The Morgan fingerprint density at radius 1 is 0.955 bits per heavy atom. The Hall–Kier alpha value is -5.26. The minimum Gasteiger partial charge on any atom is -0.489 e. The van der Waals surface area contributed by atoms with Gasteiger partial charge in [0, 0.05) is 42.7 Å². The van der Waals surface area contributed by atoms with Crippen LogP contribution in [-0.4, -0.2) is 46.3 Å². The quantitative estimate of drug-likeness (QED) is 0.114. The van der Waals surface area contributed by atoms with Crippen LogP contribution >= 0.6 is 0 Å². The second-order valence-electron chi connectivity index (χ2n) is 10.4. The highest BCUT2D eigenvalue weighted by Crippen LogP contribution is 2.33. The fourth-order valence-corrected chi connectivity index (χ4v) is 5.08. The first-order chi connectivity index (χ1) is 21.4. The maximum Gasteiger partial charge on any atom is 0.271 e. The number of amides is 2. The van der Waals surface area contributed by atoms with Crippen molar-refractivity contribution in [3.05, 3.63) is 118 Å². The van der Waals surface area contributed by atoms with Gasteiger partial charge in [-0.05, 0) is 80.3 Å². The predicted octanol–water partition coefficient (Wildman–Crippen LogP) is 6.45. The molecule has 0 bridgehead atoms. The van der Waals surface area contributed by atoms with Crippen LogP contribution in [-0.2, 0) is 20.9 Å². The molecule has 1 aliphatic heterocycles. The van der Waals surface area contributed by atoms with Crippen LogP contribution in [0.5, 0.6) is 5.75 Å². The van der Waals surface area contributed by atoms with Gasteiger partial charge < -0.3 is 9.47 Å². The minimum absolute atomic E-state index is 0.0416. The summed E-state index contributed by atoms with van der Waals surface area (Å²) in [4.78, 5) is 27.9. The highest BCUT2D eigenvalue weighted by Gasteiger charge is 2.35. The highest BCUT2D eigenvalue weighted by atomic mass is 16.5. The van der Waals surface area contributed by atoms with Crippen LogP contribution in [0.4, 0.5) is 0 Å². The molecule has 8 heteroatoms. The topological polar surface area (TPSA) is 97.5 Å². The van der Waals surface area contributed by atoms with Gasteiger partial charge in [0.2, 0.25) is 0 Å². The molecule has 0 saturated heterocycles. The molecule has 0 aliphatic carbocycles. The van der Waals surface area contributed by atoms with E-state index in [4.69, 9.17) is 14.6 Å². The predicted molar refractivity (Wildman–Crippen MR) is 169 cm³/mol. The van der Waals surface area contributed by atoms with Gasteiger partial charge in [0.1, 0.15) is 24.0 Å². The Labute approximate surface area is 257 Å². The summed E-state index contributed by atoms with van der Waals surface area (Å²) in [6.45, 7) is 7.08. The van der Waals surface area contributed by atoms with Gasteiger partial charge in [-0.3, -0.25) is 14.5 Å². The number of carbonyl (C=O) groups is 2. The van der Waals surface area contributed by atoms with Gasteiger partial charge in [0.25, 0.3) is 11.8 Å². The summed E-state index contributed by atoms with van der Waals surface area (Å²) in [5.41, 5.74) is 5.63. The molecule has 3 aromatic carbocycles. The van der Waals surface area contributed by atoms with Gasteiger partial charge >= 0.3 is 0 Å². The zero-order valence-corrected chi connectivity index (χ0v) is 25.1. The molecule has 8 nitrogen and oxygen atoms in total. The summed E-state index contributed by atoms with van der Waals surface area (Å²) < 4.78 is 13.3. The van der Waals surface area contributed by atoms with E-state index in [9.17, 15) is 14.9 Å². The highest BCUT2D eigenvalue weighted by molar-refractivity contribution is 6.19. The second-order valence-corrected chi connectivity index (χ2v) is 10.4. The first-order valence-corrected chi connectivity index (χ1v) is 14.6. The van der Waals surface area contributed by atoms with Crippen LogP contribution in [0.15, 0.2) is 102 Å². The van der Waals surface area contributed by atoms with Gasteiger partial charge in [-0.2, -0.15) is 10.4 Å². The molecule has 44 heavy (non-hydrogen) atoms. The van der Waals surface area contributed by atoms with Crippen LogP contribution in [0.2, 0.25) is 0 Å². The van der Waals surface area contributed by atoms with E-state index in [1.165, 1.54) is 0 Å². The monoisotopic (exact) mass is 586 g/mol. The molecular weight excluding hydrogens is 552 g/mol. The van der Waals surface area contributed by atoms with Crippen molar-refractivity contribution < 1.29 is 19.1 Å². The molecule has 0 N–H and O–H groups in total. The number of para-hydroxylation sites is 1. The lowest BCUT2D eigenvalue weighted by molar-refractivity contribution is -0.140. The molecule has 0 radical (unpaired) electrons. The summed E-state index contributed by atoms with van der Waals surface area (Å²) in [6, 6.07) is 27.6. The standard InChI is InChI=1S/C36H34N4O4/c1-4-43-19-11-18-39-35(41)31(26(3)32(22-37)36(39)42)21-29-23-40(30-14-9-6-10-15-30)38-34(29)28-16-17-33(25(2)20-28)44-24-27-12-7-5-8-13-27/h5-10,12-17,20-21,23H,4,11,18-19,24H2,1-3H3/b31-21+. The number of aryl methyl sites for hydroxylation is 1. The molecule has 1 aliphatic rings. The van der Waals surface area contributed by atoms with E-state index in [-0.39, 0.29) is 17.7 Å². The molecule has 2 amide bonds. The van der Waals surface area contributed by atoms with E-state index >= 15 is 0 Å². The maximum absolute atomic E-state index is 13.7. The summed E-state index contributed by atoms with van der Waals surface area (Å²) in [7, 11) is 0. The first kappa shape index (κ1) is 30.2. The Bertz CT molecular complexity index is 1760. The van der Waals surface area contributed by atoms with E-state index in [2.05, 4.69) is 0 Å². The van der Waals surface area contributed by atoms with E-state index in [1.54, 1.807) is 17.7 Å². The normalized spacial score (nSPS) is 14.3. The lowest BCUT2D eigenvalue weighted by atomic mass is 9.93. The van der Waals surface area contributed by atoms with Crippen LogP contribution in [0.3, 0.4) is 0 Å². The van der Waals surface area contributed by atoms with Crippen molar-refractivity contribution in [2.75, 3.05) is 19.8 Å². The Morgan fingerprint density at radius 2 is 1.68 bits per heavy atom. The van der Waals surface area contributed by atoms with Crippen molar-refractivity contribution in [3.63, 3.8) is 0 Å². The number of carbonyl (C=O) groups excluding carboxylic acids is 2. The average Bonchev–Trinajstić information content (AvgIpc) is 3.47. The maximum atomic E-state index is 13.7. The zero-order valence-electron chi connectivity index (χ0n) is 25.1. The van der Waals surface area contributed by atoms with E-state index in [0.717, 1.165) is 33.0 Å². The molecule has 2 heterocycles. The van der Waals surface area contributed by atoms with Gasteiger partial charge in [-0.25, -0.2) is 4.68 Å². The number of nitriles is 1. The number of hydrogen-bond donors (Lipinski definition) is 0. The number of rotatable bonds is 11. The first-order valence-electron chi connectivity index (χ1n) is 14.6. The van der Waals surface area contributed by atoms with Crippen molar-refractivity contribution in [3.8, 4) is 28.8 Å². The smallest absolute Gasteiger partial charge is 0.271 e. The van der Waals surface area contributed by atoms with E-state index in [0.29, 0.717) is 43.1 Å². The Balaban J connectivity index is 1.54. The Morgan fingerprint density at radius 3 is 2.36 bits per heavy atom. The summed E-state index contributed by atoms with van der Waals surface area (Å²) >= 11 is 0. The fraction of sp³-hybridized carbons (Fsp3) is 0.222. The molecule has 5 rings (SSSR count). The molecule has 0 unspecified atom stereocenters. The second kappa shape index (κ2) is 13.8. The summed E-state index contributed by atoms with van der Waals surface area (Å²) in [6.07, 6.45) is 4.06. The third-order valence-corrected chi connectivity index (χ3v) is 7.45. The SMILES string of the molecule is CCOCCCN1C(=O)C(C#N)=C(C)/C(=C\c2cn(-c3ccccc3)nc2-c2ccc(OCc3ccccc3)c(C)c2)C1=O. The van der Waals surface area contributed by atoms with Crippen LogP contribution in [0.1, 0.15) is 37.0 Å². The number of ether oxygens (including phenoxy) is 2. The van der Waals surface area contributed by atoms with Gasteiger partial charge in [0.05, 0.1) is 11.4 Å². The van der Waals surface area contributed by atoms with Crippen LogP contribution < -0.4 is 4.74 Å². The summed E-state index contributed by atoms with van der Waals surface area (Å²) in [5.74, 6) is -0.256. The largest absolute Gasteiger partial charge is 0.489 e. The molecule has 4 aromatic rings. The zero-order chi connectivity index (χ0) is 31.1. The van der Waals surface area contributed by atoms with E-state index < -0.39 is 11.8 Å². The third-order valence-electron chi connectivity index (χ3n) is 7.45. The van der Waals surface area contributed by atoms with Crippen LogP contribution in [0, 0.1) is 18.3 Å². The lowest BCUT2D eigenvalue weighted by Crippen LogP contribution is -2.43. The van der Waals surface area contributed by atoms with Crippen LogP contribution in [0.25, 0.3) is 23.0 Å². The molecular formula is C36H34N4O4.